The first-order valence-corrected chi connectivity index (χ1v) is 4.98. The Morgan fingerprint density at radius 2 is 2.16 bits per heavy atom. The molecule has 0 unspecified atom stereocenters. The predicted molar refractivity (Wildman–Crippen MR) is 58.9 cm³/mol. The van der Waals surface area contributed by atoms with Gasteiger partial charge in [-0.25, -0.2) is 4.68 Å². The predicted octanol–water partition coefficient (Wildman–Crippen LogP) is 1.38. The van der Waals surface area contributed by atoms with Gasteiger partial charge in [-0.2, -0.15) is 18.3 Å². The highest BCUT2D eigenvalue weighted by atomic mass is 19.4. The van der Waals surface area contributed by atoms with Crippen molar-refractivity contribution in [3.63, 3.8) is 0 Å². The second kappa shape index (κ2) is 4.59. The maximum atomic E-state index is 12.5. The fraction of sp³-hybridized carbons (Fsp3) is 0.100. The van der Waals surface area contributed by atoms with Crippen molar-refractivity contribution in [1.82, 2.24) is 14.8 Å². The first-order chi connectivity index (χ1) is 8.93. The van der Waals surface area contributed by atoms with Crippen molar-refractivity contribution < 1.29 is 18.4 Å². The lowest BCUT2D eigenvalue weighted by atomic mass is 10.2. The molecule has 3 N–H and O–H groups in total. The maximum Gasteiger partial charge on any atom is 0.419 e. The van der Waals surface area contributed by atoms with Crippen molar-refractivity contribution in [2.45, 2.75) is 6.18 Å². The molecule has 6 nitrogen and oxygen atoms in total. The largest absolute Gasteiger partial charge is 0.419 e. The van der Waals surface area contributed by atoms with Crippen LogP contribution in [0.15, 0.2) is 35.9 Å². The quantitative estimate of drug-likeness (QED) is 0.374. The number of hydrogen-bond donors (Lipinski definition) is 2. The first kappa shape index (κ1) is 12.9. The molecule has 0 amide bonds. The molecule has 0 aliphatic heterocycles. The molecule has 2 heterocycles. The Morgan fingerprint density at radius 1 is 1.42 bits per heavy atom. The Bertz CT molecular complexity index is 620. The zero-order valence-electron chi connectivity index (χ0n) is 9.33. The van der Waals surface area contributed by atoms with Crippen molar-refractivity contribution >= 4 is 5.84 Å². The van der Waals surface area contributed by atoms with Crippen molar-refractivity contribution in [2.75, 3.05) is 0 Å². The lowest BCUT2D eigenvalue weighted by Crippen LogP contribution is -2.18. The van der Waals surface area contributed by atoms with Crippen LogP contribution in [0.3, 0.4) is 0 Å². The van der Waals surface area contributed by atoms with Crippen LogP contribution in [0.25, 0.3) is 5.69 Å². The number of halogens is 3. The van der Waals surface area contributed by atoms with Gasteiger partial charge < -0.3 is 10.9 Å². The molecule has 0 bridgehead atoms. The molecule has 0 aliphatic rings. The van der Waals surface area contributed by atoms with Gasteiger partial charge in [0.1, 0.15) is 5.69 Å². The number of nitrogens with zero attached hydrogens (tertiary/aromatic N) is 4. The molecule has 0 saturated heterocycles. The highest BCUT2D eigenvalue weighted by Crippen LogP contribution is 2.29. The highest BCUT2D eigenvalue weighted by Gasteiger charge is 2.32. The third-order valence-corrected chi connectivity index (χ3v) is 2.29. The number of oxime groups is 1. The number of rotatable bonds is 2. The number of alkyl halides is 3. The summed E-state index contributed by atoms with van der Waals surface area (Å²) in [5, 5.41) is 15.0. The van der Waals surface area contributed by atoms with Gasteiger partial charge in [0, 0.05) is 12.4 Å². The lowest BCUT2D eigenvalue weighted by Gasteiger charge is -2.06. The number of aromatic nitrogens is 3. The minimum Gasteiger partial charge on any atom is -0.409 e. The van der Waals surface area contributed by atoms with E-state index < -0.39 is 11.7 Å². The minimum atomic E-state index is -4.49. The van der Waals surface area contributed by atoms with Crippen LogP contribution in [0.2, 0.25) is 0 Å². The van der Waals surface area contributed by atoms with Gasteiger partial charge in [0.25, 0.3) is 0 Å². The lowest BCUT2D eigenvalue weighted by molar-refractivity contribution is -0.137. The summed E-state index contributed by atoms with van der Waals surface area (Å²) in [5.74, 6) is -0.320. The molecule has 2 aromatic heterocycles. The Balaban J connectivity index is 2.51. The van der Waals surface area contributed by atoms with Crippen LogP contribution in [0.5, 0.6) is 0 Å². The summed E-state index contributed by atoms with van der Waals surface area (Å²) in [6.07, 6.45) is -1.64. The van der Waals surface area contributed by atoms with Crippen molar-refractivity contribution in [2.24, 2.45) is 10.9 Å². The standard InChI is InChI=1S/C10H8F3N5O/c11-10(12,13)6-4-16-18(5-6)7-2-1-3-15-8(7)9(14)17-19/h1-5,19H,(H2,14,17). The van der Waals surface area contributed by atoms with E-state index in [9.17, 15) is 13.2 Å². The molecule has 0 spiro atoms. The fourth-order valence-electron chi connectivity index (χ4n) is 1.43. The van der Waals surface area contributed by atoms with Gasteiger partial charge >= 0.3 is 6.18 Å². The summed E-state index contributed by atoms with van der Waals surface area (Å²) >= 11 is 0. The van der Waals surface area contributed by atoms with Gasteiger partial charge in [0.05, 0.1) is 17.4 Å². The summed E-state index contributed by atoms with van der Waals surface area (Å²) < 4.78 is 38.4. The molecule has 100 valence electrons. The molecule has 0 fully saturated rings. The van der Waals surface area contributed by atoms with E-state index >= 15 is 0 Å². The molecular formula is C10H8F3N5O. The second-order valence-electron chi connectivity index (χ2n) is 3.53. The molecule has 0 radical (unpaired) electrons. The number of pyridine rings is 1. The normalized spacial score (nSPS) is 12.7. The summed E-state index contributed by atoms with van der Waals surface area (Å²) in [7, 11) is 0. The van der Waals surface area contributed by atoms with E-state index in [1.54, 1.807) is 0 Å². The van der Waals surface area contributed by atoms with Crippen molar-refractivity contribution in [1.29, 1.82) is 0 Å². The van der Waals surface area contributed by atoms with Gasteiger partial charge in [-0.15, -0.1) is 0 Å². The third kappa shape index (κ3) is 2.49. The molecule has 0 saturated carbocycles. The summed E-state index contributed by atoms with van der Waals surface area (Å²) in [4.78, 5) is 3.84. The van der Waals surface area contributed by atoms with Gasteiger partial charge in [0.15, 0.2) is 5.84 Å². The van der Waals surface area contributed by atoms with Gasteiger partial charge in [-0.3, -0.25) is 4.98 Å². The van der Waals surface area contributed by atoms with Crippen LogP contribution in [-0.2, 0) is 6.18 Å². The zero-order chi connectivity index (χ0) is 14.0. The maximum absolute atomic E-state index is 12.5. The average molecular weight is 271 g/mol. The van der Waals surface area contributed by atoms with Gasteiger partial charge in [0.2, 0.25) is 0 Å². The summed E-state index contributed by atoms with van der Waals surface area (Å²) in [6.45, 7) is 0. The van der Waals surface area contributed by atoms with Crippen LogP contribution in [0, 0.1) is 0 Å². The zero-order valence-corrected chi connectivity index (χ0v) is 9.33. The number of hydrogen-bond acceptors (Lipinski definition) is 4. The van der Waals surface area contributed by atoms with Crippen LogP contribution >= 0.6 is 0 Å². The Hall–Kier alpha value is -2.58. The smallest absolute Gasteiger partial charge is 0.409 e. The molecule has 19 heavy (non-hydrogen) atoms. The van der Waals surface area contributed by atoms with E-state index in [4.69, 9.17) is 10.9 Å². The Labute approximate surface area is 105 Å². The highest BCUT2D eigenvalue weighted by molar-refractivity contribution is 5.98. The molecule has 2 aromatic rings. The first-order valence-electron chi connectivity index (χ1n) is 4.98. The summed E-state index contributed by atoms with van der Waals surface area (Å²) in [6, 6.07) is 2.95. The average Bonchev–Trinajstić information content (AvgIpc) is 2.87. The van der Waals surface area contributed by atoms with Crippen LogP contribution in [0.4, 0.5) is 13.2 Å². The van der Waals surface area contributed by atoms with E-state index in [1.165, 1.54) is 18.3 Å². The van der Waals surface area contributed by atoms with Crippen molar-refractivity contribution in [3.05, 3.63) is 42.0 Å². The van der Waals surface area contributed by atoms with E-state index in [-0.39, 0.29) is 17.2 Å². The third-order valence-electron chi connectivity index (χ3n) is 2.29. The number of nitrogens with two attached hydrogens (primary N) is 1. The topological polar surface area (TPSA) is 89.3 Å². The van der Waals surface area contributed by atoms with E-state index in [0.29, 0.717) is 6.20 Å². The fourth-order valence-corrected chi connectivity index (χ4v) is 1.43. The molecule has 0 aromatic carbocycles. The minimum absolute atomic E-state index is 0.0295. The number of amidine groups is 1. The van der Waals surface area contributed by atoms with Gasteiger partial charge in [-0.05, 0) is 12.1 Å². The Morgan fingerprint density at radius 3 is 2.74 bits per heavy atom. The van der Waals surface area contributed by atoms with E-state index in [1.807, 2.05) is 0 Å². The van der Waals surface area contributed by atoms with Crippen LogP contribution in [0.1, 0.15) is 11.3 Å². The summed E-state index contributed by atoms with van der Waals surface area (Å²) in [5.41, 5.74) is 4.70. The SMILES string of the molecule is N/C(=N/O)c1ncccc1-n1cc(C(F)(F)F)cn1. The van der Waals surface area contributed by atoms with Gasteiger partial charge in [-0.1, -0.05) is 5.16 Å². The van der Waals surface area contributed by atoms with E-state index in [2.05, 4.69) is 15.2 Å². The monoisotopic (exact) mass is 271 g/mol. The van der Waals surface area contributed by atoms with Crippen LogP contribution < -0.4 is 5.73 Å². The molecule has 0 atom stereocenters. The van der Waals surface area contributed by atoms with Crippen LogP contribution in [-0.4, -0.2) is 25.8 Å². The molecule has 0 aliphatic carbocycles. The van der Waals surface area contributed by atoms with E-state index in [0.717, 1.165) is 10.9 Å². The molecule has 9 heteroatoms. The second-order valence-corrected chi connectivity index (χ2v) is 3.53. The van der Waals surface area contributed by atoms with Crippen molar-refractivity contribution in [3.8, 4) is 5.69 Å². The molecular weight excluding hydrogens is 263 g/mol. The Kier molecular flexibility index (Phi) is 3.11. The molecule has 2 rings (SSSR count).